The first-order valence-corrected chi connectivity index (χ1v) is 14.0. The number of nitrogens with zero attached hydrogens (tertiary/aromatic N) is 4. The summed E-state index contributed by atoms with van der Waals surface area (Å²) in [5.74, 6) is -0.174. The van der Waals surface area contributed by atoms with E-state index < -0.39 is 11.9 Å². The first kappa shape index (κ1) is 26.1. The van der Waals surface area contributed by atoms with Crippen LogP contribution in [-0.2, 0) is 20.7 Å². The van der Waals surface area contributed by atoms with Gasteiger partial charge < -0.3 is 9.64 Å². The van der Waals surface area contributed by atoms with Gasteiger partial charge in [0.2, 0.25) is 11.8 Å². The molecule has 6 rings (SSSR count). The smallest absolute Gasteiger partial charge is 0.259 e. The molecular weight excluding hydrogens is 506 g/mol. The Balaban J connectivity index is 1.19. The van der Waals surface area contributed by atoms with Crippen LogP contribution in [0.4, 0.5) is 5.69 Å². The summed E-state index contributed by atoms with van der Waals surface area (Å²) in [5, 5.41) is 8.95. The Morgan fingerprint density at radius 3 is 2.60 bits per heavy atom. The number of hydrogen-bond donors (Lipinski definition) is 1. The third kappa shape index (κ3) is 4.74. The fraction of sp³-hybridized carbons (Fsp3) is 0.419. The van der Waals surface area contributed by atoms with Crippen molar-refractivity contribution in [2.75, 3.05) is 18.0 Å². The van der Waals surface area contributed by atoms with Crippen LogP contribution in [0.15, 0.2) is 55.2 Å². The van der Waals surface area contributed by atoms with E-state index >= 15 is 0 Å². The second kappa shape index (κ2) is 9.80. The lowest BCUT2D eigenvalue weighted by Crippen LogP contribution is -2.53. The average Bonchev–Trinajstić information content (AvgIpc) is 3.49. The molecule has 0 spiro atoms. The van der Waals surface area contributed by atoms with E-state index in [1.165, 1.54) is 0 Å². The second-order valence-corrected chi connectivity index (χ2v) is 11.9. The van der Waals surface area contributed by atoms with Gasteiger partial charge in [0.05, 0.1) is 17.9 Å². The molecule has 3 amide bonds. The predicted octanol–water partition coefficient (Wildman–Crippen LogP) is 4.32. The average molecular weight is 542 g/mol. The van der Waals surface area contributed by atoms with Crippen molar-refractivity contribution < 1.29 is 19.1 Å². The zero-order chi connectivity index (χ0) is 28.2. The highest BCUT2D eigenvalue weighted by molar-refractivity contribution is 6.27. The van der Waals surface area contributed by atoms with Gasteiger partial charge in [0.25, 0.3) is 5.91 Å². The Labute approximate surface area is 233 Å². The Morgan fingerprint density at radius 2 is 1.88 bits per heavy atom. The van der Waals surface area contributed by atoms with E-state index in [0.717, 1.165) is 59.4 Å². The zero-order valence-corrected chi connectivity index (χ0v) is 23.3. The molecule has 3 aliphatic heterocycles. The molecule has 1 atom stereocenters. The highest BCUT2D eigenvalue weighted by atomic mass is 16.5. The highest BCUT2D eigenvalue weighted by Crippen LogP contribution is 2.41. The molecule has 0 bridgehead atoms. The fourth-order valence-corrected chi connectivity index (χ4v) is 6.14. The Morgan fingerprint density at radius 1 is 1.10 bits per heavy atom. The minimum atomic E-state index is -0.687. The summed E-state index contributed by atoms with van der Waals surface area (Å²) in [6.07, 6.45) is 7.22. The number of likely N-dealkylation sites (tertiary alicyclic amines) is 1. The number of rotatable bonds is 6. The summed E-state index contributed by atoms with van der Waals surface area (Å²) in [6, 6.07) is 9.35. The van der Waals surface area contributed by atoms with E-state index in [9.17, 15) is 14.4 Å². The molecule has 4 heterocycles. The molecule has 9 heteroatoms. The number of carbonyl (C=O) groups is 3. The second-order valence-electron chi connectivity index (χ2n) is 11.9. The van der Waals surface area contributed by atoms with Gasteiger partial charge in [0, 0.05) is 43.1 Å². The Hall–Kier alpha value is -4.14. The molecule has 0 aliphatic carbocycles. The number of aromatic nitrogens is 2. The molecule has 0 radical (unpaired) electrons. The number of hydrogen-bond acceptors (Lipinski definition) is 6. The van der Waals surface area contributed by atoms with Crippen molar-refractivity contribution in [2.24, 2.45) is 0 Å². The third-order valence-electron chi connectivity index (χ3n) is 8.00. The molecule has 2 saturated heterocycles. The molecule has 208 valence electrons. The van der Waals surface area contributed by atoms with Crippen molar-refractivity contribution in [3.8, 4) is 0 Å². The van der Waals surface area contributed by atoms with Crippen molar-refractivity contribution in [2.45, 2.75) is 70.6 Å². The first-order chi connectivity index (χ1) is 19.1. The lowest BCUT2D eigenvalue weighted by Gasteiger charge is -2.36. The lowest BCUT2D eigenvalue weighted by molar-refractivity contribution is -0.134. The summed E-state index contributed by atoms with van der Waals surface area (Å²) in [7, 11) is 0. The minimum absolute atomic E-state index is 0.193. The van der Waals surface area contributed by atoms with Crippen LogP contribution in [0.2, 0.25) is 0 Å². The molecule has 0 unspecified atom stereocenters. The summed E-state index contributed by atoms with van der Waals surface area (Å²) < 4.78 is 8.03. The number of imide groups is 1. The summed E-state index contributed by atoms with van der Waals surface area (Å²) in [4.78, 5) is 41.5. The first-order valence-electron chi connectivity index (χ1n) is 14.0. The lowest BCUT2D eigenvalue weighted by atomic mass is 9.97. The van der Waals surface area contributed by atoms with Gasteiger partial charge in [-0.1, -0.05) is 18.2 Å². The molecule has 0 saturated carbocycles. The predicted molar refractivity (Wildman–Crippen MR) is 152 cm³/mol. The molecule has 9 nitrogen and oxygen atoms in total. The van der Waals surface area contributed by atoms with E-state index in [0.29, 0.717) is 24.4 Å². The molecule has 2 aromatic carbocycles. The number of nitrogens with one attached hydrogen (secondary N) is 1. The van der Waals surface area contributed by atoms with Crippen molar-refractivity contribution >= 4 is 34.2 Å². The van der Waals surface area contributed by atoms with Gasteiger partial charge in [-0.2, -0.15) is 5.10 Å². The van der Waals surface area contributed by atoms with Gasteiger partial charge in [-0.3, -0.25) is 29.3 Å². The molecular formula is C31H35N5O4. The van der Waals surface area contributed by atoms with Crippen LogP contribution < -0.4 is 10.2 Å². The van der Waals surface area contributed by atoms with Crippen LogP contribution in [0.5, 0.6) is 0 Å². The largest absolute Gasteiger partial charge is 0.474 e. The maximum atomic E-state index is 13.4. The van der Waals surface area contributed by atoms with Gasteiger partial charge in [-0.05, 0) is 75.3 Å². The Kier molecular flexibility index (Phi) is 6.40. The van der Waals surface area contributed by atoms with Crippen LogP contribution in [0.3, 0.4) is 0 Å². The van der Waals surface area contributed by atoms with Gasteiger partial charge in [-0.15, -0.1) is 0 Å². The van der Waals surface area contributed by atoms with Gasteiger partial charge in [0.1, 0.15) is 11.6 Å². The van der Waals surface area contributed by atoms with Crippen LogP contribution in [-0.4, -0.2) is 57.1 Å². The number of anilines is 1. The quantitative estimate of drug-likeness (QED) is 0.369. The highest BCUT2D eigenvalue weighted by Gasteiger charge is 2.40. The molecule has 2 fully saturated rings. The van der Waals surface area contributed by atoms with Crippen LogP contribution >= 0.6 is 0 Å². The third-order valence-corrected chi connectivity index (χ3v) is 8.00. The van der Waals surface area contributed by atoms with Gasteiger partial charge in [0.15, 0.2) is 5.88 Å². The SMILES string of the molecule is C=C(OC(C)(C)C)N1CCC(n2cc(Cc3ccc4c5c(cccc35)C(=O)N4[C@H]3CCC(=O)NC3=O)cn2)CC1. The van der Waals surface area contributed by atoms with Crippen molar-refractivity contribution in [1.82, 2.24) is 20.0 Å². The Bertz CT molecular complexity index is 1530. The maximum Gasteiger partial charge on any atom is 0.259 e. The standard InChI is InChI=1S/C31H35N5O4/c1-19(40-31(2,3)4)34-14-12-22(13-15-34)35-18-20(17-32-35)16-21-8-9-25-28-23(21)6-5-7-24(28)30(39)36(25)26-10-11-27(37)33-29(26)38/h5-9,17-18,22,26H,1,10-16H2,2-4H3,(H,33,37,38)/t26-/m0/s1. The monoisotopic (exact) mass is 541 g/mol. The summed E-state index contributed by atoms with van der Waals surface area (Å²) in [6.45, 7) is 12.0. The molecule has 1 aromatic heterocycles. The molecule has 3 aromatic rings. The number of piperidine rings is 2. The van der Waals surface area contributed by atoms with Crippen LogP contribution in [0, 0.1) is 0 Å². The van der Waals surface area contributed by atoms with E-state index in [-0.39, 0.29) is 23.8 Å². The van der Waals surface area contributed by atoms with E-state index in [2.05, 4.69) is 27.7 Å². The number of carbonyl (C=O) groups excluding carboxylic acids is 3. The van der Waals surface area contributed by atoms with Crippen molar-refractivity contribution in [1.29, 1.82) is 0 Å². The summed E-state index contributed by atoms with van der Waals surface area (Å²) >= 11 is 0. The van der Waals surface area contributed by atoms with E-state index in [4.69, 9.17) is 9.84 Å². The molecule has 3 aliphatic rings. The van der Waals surface area contributed by atoms with Crippen molar-refractivity contribution in [3.05, 3.63) is 71.9 Å². The van der Waals surface area contributed by atoms with Gasteiger partial charge >= 0.3 is 0 Å². The minimum Gasteiger partial charge on any atom is -0.474 e. The summed E-state index contributed by atoms with van der Waals surface area (Å²) in [5.41, 5.74) is 3.27. The van der Waals surface area contributed by atoms with E-state index in [1.54, 1.807) is 4.90 Å². The van der Waals surface area contributed by atoms with E-state index in [1.807, 2.05) is 57.3 Å². The molecule has 1 N–H and O–H groups in total. The maximum absolute atomic E-state index is 13.4. The normalized spacial score (nSPS) is 19.9. The number of amides is 3. The molecule has 40 heavy (non-hydrogen) atoms. The number of ether oxygens (including phenoxy) is 1. The topological polar surface area (TPSA) is 96.8 Å². The zero-order valence-electron chi connectivity index (χ0n) is 23.3. The fourth-order valence-electron chi connectivity index (χ4n) is 6.14. The van der Waals surface area contributed by atoms with Gasteiger partial charge in [-0.25, -0.2) is 0 Å². The van der Waals surface area contributed by atoms with Crippen LogP contribution in [0.25, 0.3) is 10.8 Å². The van der Waals surface area contributed by atoms with Crippen LogP contribution in [0.1, 0.15) is 74.0 Å². The number of benzene rings is 2. The van der Waals surface area contributed by atoms with Crippen molar-refractivity contribution in [3.63, 3.8) is 0 Å².